The van der Waals surface area contributed by atoms with E-state index in [0.29, 0.717) is 45.0 Å². The molecule has 0 spiro atoms. The van der Waals surface area contributed by atoms with Crippen LogP contribution in [0.1, 0.15) is 64.3 Å². The zero-order valence-electron chi connectivity index (χ0n) is 17.8. The Morgan fingerprint density at radius 1 is 1.28 bits per heavy atom. The van der Waals surface area contributed by atoms with Crippen LogP contribution in [-0.4, -0.2) is 22.5 Å². The second-order valence-electron chi connectivity index (χ2n) is 7.54. The third-order valence-corrected chi connectivity index (χ3v) is 6.26. The Bertz CT molecular complexity index is 1140. The number of ether oxygens (including phenoxy) is 1. The average molecular weight is 486 g/mol. The van der Waals surface area contributed by atoms with E-state index in [4.69, 9.17) is 16.3 Å². The molecule has 1 aliphatic rings. The molecule has 1 saturated heterocycles. The number of aromatic nitrogens is 1. The zero-order valence-corrected chi connectivity index (χ0v) is 19.4. The largest absolute Gasteiger partial charge is 0.507 e. The van der Waals surface area contributed by atoms with Crippen LogP contribution >= 0.6 is 22.9 Å². The first kappa shape index (κ1) is 24.5. The van der Waals surface area contributed by atoms with Gasteiger partial charge in [-0.1, -0.05) is 18.5 Å². The Morgan fingerprint density at radius 3 is 2.59 bits per heavy atom. The molecule has 1 aliphatic heterocycles. The highest BCUT2D eigenvalue weighted by Crippen LogP contribution is 2.40. The highest BCUT2D eigenvalue weighted by Gasteiger charge is 2.33. The van der Waals surface area contributed by atoms with Crippen molar-refractivity contribution >= 4 is 38.9 Å². The van der Waals surface area contributed by atoms with E-state index in [0.717, 1.165) is 17.8 Å². The van der Waals surface area contributed by atoms with Crippen molar-refractivity contribution in [2.24, 2.45) is 0 Å². The summed E-state index contributed by atoms with van der Waals surface area (Å²) >= 11 is 7.05. The number of aryl methyl sites for hydroxylation is 2. The smallest absolute Gasteiger partial charge is 0.416 e. The standard InChI is InChI=1S/C13H12F3NOS.C10H11ClO2/c1-7-17-12-9(10-3-2-4-18-10)5-8(13(14,15)16)6-11(12)19-7;1-3-9(12)8-5-7(11)4-6(2)10(8)13/h5-6,10H,2-4H2,1H3;4-5,13H,3H2,1-2H3. The van der Waals surface area contributed by atoms with Crippen molar-refractivity contribution in [2.75, 3.05) is 6.61 Å². The number of alkyl halides is 3. The normalized spacial score (nSPS) is 16.2. The molecular weight excluding hydrogens is 463 g/mol. The monoisotopic (exact) mass is 485 g/mol. The van der Waals surface area contributed by atoms with Crippen molar-refractivity contribution in [1.82, 2.24) is 4.98 Å². The van der Waals surface area contributed by atoms with Crippen LogP contribution in [0.15, 0.2) is 24.3 Å². The number of fused-ring (bicyclic) bond motifs is 1. The number of carbonyl (C=O) groups is 1. The lowest BCUT2D eigenvalue weighted by Gasteiger charge is -2.14. The van der Waals surface area contributed by atoms with Crippen LogP contribution < -0.4 is 0 Å². The quantitative estimate of drug-likeness (QED) is 0.392. The summed E-state index contributed by atoms with van der Waals surface area (Å²) in [6.07, 6.45) is -2.59. The molecular formula is C23H23ClF3NO3S. The lowest BCUT2D eigenvalue weighted by molar-refractivity contribution is -0.137. The molecule has 9 heteroatoms. The minimum Gasteiger partial charge on any atom is -0.507 e. The third-order valence-electron chi connectivity index (χ3n) is 5.12. The van der Waals surface area contributed by atoms with Gasteiger partial charge in [0.25, 0.3) is 0 Å². The van der Waals surface area contributed by atoms with E-state index in [1.54, 1.807) is 26.8 Å². The minimum atomic E-state index is -4.33. The van der Waals surface area contributed by atoms with Gasteiger partial charge >= 0.3 is 6.18 Å². The molecule has 0 amide bonds. The van der Waals surface area contributed by atoms with Gasteiger partial charge in [0, 0.05) is 23.6 Å². The Morgan fingerprint density at radius 2 is 2.00 bits per heavy atom. The molecule has 172 valence electrons. The van der Waals surface area contributed by atoms with E-state index in [9.17, 15) is 23.1 Å². The fraction of sp³-hybridized carbons (Fsp3) is 0.391. The maximum absolute atomic E-state index is 12.9. The number of hydrogen-bond acceptors (Lipinski definition) is 5. The Labute approximate surface area is 193 Å². The Hall–Kier alpha value is -2.16. The number of halogens is 4. The first-order valence-corrected chi connectivity index (χ1v) is 11.3. The van der Waals surface area contributed by atoms with Crippen LogP contribution in [0.25, 0.3) is 10.2 Å². The molecule has 4 rings (SSSR count). The lowest BCUT2D eigenvalue weighted by atomic mass is 10.0. The maximum Gasteiger partial charge on any atom is 0.416 e. The number of nitrogens with zero attached hydrogens (tertiary/aromatic N) is 1. The predicted octanol–water partition coefficient (Wildman–Crippen LogP) is 7.42. The van der Waals surface area contributed by atoms with Gasteiger partial charge in [-0.05, 0) is 56.5 Å². The van der Waals surface area contributed by atoms with Gasteiger partial charge in [-0.2, -0.15) is 13.2 Å². The molecule has 0 saturated carbocycles. The second kappa shape index (κ2) is 9.77. The molecule has 0 radical (unpaired) electrons. The van der Waals surface area contributed by atoms with Gasteiger partial charge < -0.3 is 9.84 Å². The minimum absolute atomic E-state index is 0.0382. The van der Waals surface area contributed by atoms with Crippen LogP contribution in [0, 0.1) is 13.8 Å². The summed E-state index contributed by atoms with van der Waals surface area (Å²) in [5.74, 6) is -0.0562. The van der Waals surface area contributed by atoms with Gasteiger partial charge in [0.2, 0.25) is 0 Å². The first-order chi connectivity index (χ1) is 15.0. The summed E-state index contributed by atoms with van der Waals surface area (Å²) in [5.41, 5.74) is 1.56. The fourth-order valence-corrected chi connectivity index (χ4v) is 4.71. The van der Waals surface area contributed by atoms with E-state index in [-0.39, 0.29) is 17.6 Å². The summed E-state index contributed by atoms with van der Waals surface area (Å²) in [6, 6.07) is 5.50. The number of rotatable bonds is 3. The first-order valence-electron chi connectivity index (χ1n) is 10.1. The highest BCUT2D eigenvalue weighted by molar-refractivity contribution is 7.18. The number of thiazole rings is 1. The molecule has 1 aromatic heterocycles. The van der Waals surface area contributed by atoms with Gasteiger partial charge in [0.05, 0.1) is 32.5 Å². The van der Waals surface area contributed by atoms with Gasteiger partial charge in [0.1, 0.15) is 5.75 Å². The molecule has 0 bridgehead atoms. The van der Waals surface area contributed by atoms with Crippen molar-refractivity contribution in [1.29, 1.82) is 0 Å². The summed E-state index contributed by atoms with van der Waals surface area (Å²) in [4.78, 5) is 15.7. The van der Waals surface area contributed by atoms with Crippen molar-refractivity contribution in [3.8, 4) is 5.75 Å². The number of ketones is 1. The molecule has 32 heavy (non-hydrogen) atoms. The van der Waals surface area contributed by atoms with E-state index >= 15 is 0 Å². The van der Waals surface area contributed by atoms with E-state index in [1.165, 1.54) is 29.5 Å². The Balaban J connectivity index is 0.000000195. The summed E-state index contributed by atoms with van der Waals surface area (Å²) < 4.78 is 44.9. The number of carbonyl (C=O) groups excluding carboxylic acids is 1. The molecule has 4 nitrogen and oxygen atoms in total. The number of phenolic OH excluding ortho intramolecular Hbond substituents is 1. The predicted molar refractivity (Wildman–Crippen MR) is 120 cm³/mol. The molecule has 1 fully saturated rings. The molecule has 3 aromatic rings. The van der Waals surface area contributed by atoms with Crippen LogP contribution in [0.3, 0.4) is 0 Å². The van der Waals surface area contributed by atoms with Gasteiger partial charge in [-0.3, -0.25) is 4.79 Å². The lowest BCUT2D eigenvalue weighted by Crippen LogP contribution is -2.07. The van der Waals surface area contributed by atoms with E-state index < -0.39 is 11.7 Å². The number of hydrogen-bond donors (Lipinski definition) is 1. The molecule has 2 aromatic carbocycles. The molecule has 1 N–H and O–H groups in total. The second-order valence-corrected chi connectivity index (χ2v) is 9.21. The number of phenols is 1. The van der Waals surface area contributed by atoms with Gasteiger partial charge in [-0.15, -0.1) is 11.3 Å². The Kier molecular flexibility index (Phi) is 7.47. The topological polar surface area (TPSA) is 59.4 Å². The average Bonchev–Trinajstić information content (AvgIpc) is 3.38. The molecule has 2 heterocycles. The van der Waals surface area contributed by atoms with Crippen molar-refractivity contribution in [2.45, 2.75) is 52.3 Å². The van der Waals surface area contributed by atoms with Crippen LogP contribution in [0.5, 0.6) is 5.75 Å². The summed E-state index contributed by atoms with van der Waals surface area (Å²) in [7, 11) is 0. The molecule has 0 aliphatic carbocycles. The summed E-state index contributed by atoms with van der Waals surface area (Å²) in [5, 5.41) is 10.8. The van der Waals surface area contributed by atoms with Crippen molar-refractivity contribution < 1.29 is 27.8 Å². The number of Topliss-reactive ketones (excluding diaryl/α,β-unsaturated/α-hetero) is 1. The van der Waals surface area contributed by atoms with E-state index in [1.807, 2.05) is 0 Å². The fourth-order valence-electron chi connectivity index (χ4n) is 3.54. The highest BCUT2D eigenvalue weighted by atomic mass is 35.5. The SMILES string of the molecule is CCC(=O)c1cc(Cl)cc(C)c1O.Cc1nc2c(C3CCCO3)cc(C(F)(F)F)cc2s1. The number of aromatic hydroxyl groups is 1. The van der Waals surface area contributed by atoms with Crippen LogP contribution in [0.4, 0.5) is 13.2 Å². The molecule has 1 unspecified atom stereocenters. The van der Waals surface area contributed by atoms with Crippen molar-refractivity contribution in [3.05, 3.63) is 56.5 Å². The van der Waals surface area contributed by atoms with Gasteiger partial charge in [0.15, 0.2) is 5.78 Å². The van der Waals surface area contributed by atoms with Crippen molar-refractivity contribution in [3.63, 3.8) is 0 Å². The third kappa shape index (κ3) is 5.42. The number of benzene rings is 2. The molecule has 1 atom stereocenters. The van der Waals surface area contributed by atoms with E-state index in [2.05, 4.69) is 4.98 Å². The van der Waals surface area contributed by atoms with Crippen LogP contribution in [-0.2, 0) is 10.9 Å². The zero-order chi connectivity index (χ0) is 23.6. The van der Waals surface area contributed by atoms with Gasteiger partial charge in [-0.25, -0.2) is 4.98 Å². The maximum atomic E-state index is 12.9. The van der Waals surface area contributed by atoms with Crippen LogP contribution in [0.2, 0.25) is 5.02 Å². The summed E-state index contributed by atoms with van der Waals surface area (Å²) in [6.45, 7) is 5.87.